The van der Waals surface area contributed by atoms with Crippen LogP contribution < -0.4 is 14.6 Å². The summed E-state index contributed by atoms with van der Waals surface area (Å²) in [5, 5.41) is 4.96. The van der Waals surface area contributed by atoms with Gasteiger partial charge in [0, 0.05) is 0 Å². The van der Waals surface area contributed by atoms with Crippen molar-refractivity contribution in [1.82, 2.24) is 0 Å². The highest BCUT2D eigenvalue weighted by atomic mass is 32.2. The largest absolute Gasteiger partial charge is 0.482 e. The first-order valence-corrected chi connectivity index (χ1v) is 9.86. The van der Waals surface area contributed by atoms with Crippen molar-refractivity contribution < 1.29 is 34.7 Å². The van der Waals surface area contributed by atoms with E-state index in [1.165, 1.54) is 24.3 Å². The van der Waals surface area contributed by atoms with E-state index in [1.54, 1.807) is 0 Å². The van der Waals surface area contributed by atoms with Gasteiger partial charge in [0.05, 0.1) is 15.5 Å². The van der Waals surface area contributed by atoms with Crippen LogP contribution in [0.5, 0.6) is 5.75 Å². The highest BCUT2D eigenvalue weighted by Gasteiger charge is 2.29. The van der Waals surface area contributed by atoms with E-state index in [0.29, 0.717) is 0 Å². The topological polar surface area (TPSA) is 116 Å². The third-order valence-electron chi connectivity index (χ3n) is 2.97. The summed E-state index contributed by atoms with van der Waals surface area (Å²) in [4.78, 5) is -0.864. The monoisotopic (exact) mass is 410 g/mol. The zero-order valence-electron chi connectivity index (χ0n) is 12.9. The predicted octanol–water partition coefficient (Wildman–Crippen LogP) is 2.08. The minimum Gasteiger partial charge on any atom is -0.482 e. The Bertz CT molecular complexity index is 1010. The Morgan fingerprint density at radius 2 is 1.58 bits per heavy atom. The van der Waals surface area contributed by atoms with E-state index in [1.807, 2.05) is 0 Å². The lowest BCUT2D eigenvalue weighted by Crippen LogP contribution is -2.20. The molecule has 0 heterocycles. The van der Waals surface area contributed by atoms with E-state index in [9.17, 15) is 30.0 Å². The van der Waals surface area contributed by atoms with Crippen molar-refractivity contribution in [1.29, 1.82) is 0 Å². The van der Waals surface area contributed by atoms with Gasteiger partial charge in [0.25, 0.3) is 10.0 Å². The Balaban J connectivity index is 2.33. The number of halogens is 3. The fourth-order valence-electron chi connectivity index (χ4n) is 1.86. The summed E-state index contributed by atoms with van der Waals surface area (Å²) < 4.78 is 91.1. The molecule has 0 aromatic heterocycles. The van der Waals surface area contributed by atoms with Crippen molar-refractivity contribution in [3.63, 3.8) is 0 Å². The number of sulfonamides is 2. The van der Waals surface area contributed by atoms with Gasteiger partial charge in [-0.1, -0.05) is 18.2 Å². The van der Waals surface area contributed by atoms with Gasteiger partial charge in [-0.15, -0.1) is 0 Å². The number of hydrogen-bond acceptors (Lipinski definition) is 5. The molecule has 26 heavy (non-hydrogen) atoms. The van der Waals surface area contributed by atoms with Crippen LogP contribution in [0.3, 0.4) is 0 Å². The van der Waals surface area contributed by atoms with Crippen molar-refractivity contribution in [2.45, 2.75) is 16.0 Å². The van der Waals surface area contributed by atoms with Crippen LogP contribution in [-0.2, 0) is 20.0 Å². The minimum atomic E-state index is -4.60. The Kier molecular flexibility index (Phi) is 5.49. The number of nitrogens with two attached hydrogens (primary N) is 1. The van der Waals surface area contributed by atoms with E-state index in [2.05, 4.69) is 9.46 Å². The first-order valence-electron chi connectivity index (χ1n) is 6.83. The van der Waals surface area contributed by atoms with Crippen molar-refractivity contribution in [2.24, 2.45) is 5.14 Å². The molecule has 0 radical (unpaired) electrons. The van der Waals surface area contributed by atoms with Crippen molar-refractivity contribution in [3.8, 4) is 5.75 Å². The fourth-order valence-corrected chi connectivity index (χ4v) is 3.61. The molecule has 0 atom stereocenters. The maximum absolute atomic E-state index is 12.4. The second kappa shape index (κ2) is 7.13. The van der Waals surface area contributed by atoms with Crippen molar-refractivity contribution >= 4 is 25.7 Å². The van der Waals surface area contributed by atoms with Crippen LogP contribution in [0.1, 0.15) is 0 Å². The number of benzene rings is 2. The van der Waals surface area contributed by atoms with E-state index in [-0.39, 0.29) is 11.4 Å². The Hall–Kier alpha value is -2.31. The first kappa shape index (κ1) is 20.0. The summed E-state index contributed by atoms with van der Waals surface area (Å²) in [6, 6.07) is 9.32. The average molecular weight is 410 g/mol. The lowest BCUT2D eigenvalue weighted by Gasteiger charge is -2.15. The SMILES string of the molecule is NS(=O)(=O)c1cccc(S(=O)(=O)Nc2ccccc2OCC(F)(F)F)c1. The summed E-state index contributed by atoms with van der Waals surface area (Å²) in [6.07, 6.45) is -4.60. The third kappa shape index (κ3) is 5.34. The summed E-state index contributed by atoms with van der Waals surface area (Å²) in [5.74, 6) is -0.337. The maximum Gasteiger partial charge on any atom is 0.422 e. The van der Waals surface area contributed by atoms with Crippen LogP contribution in [0.15, 0.2) is 58.3 Å². The molecule has 2 aromatic rings. The molecule has 0 saturated carbocycles. The number of alkyl halides is 3. The highest BCUT2D eigenvalue weighted by Crippen LogP contribution is 2.28. The predicted molar refractivity (Wildman–Crippen MR) is 86.6 cm³/mol. The molecule has 142 valence electrons. The Labute approximate surface area is 147 Å². The molecule has 0 saturated heterocycles. The summed E-state index contributed by atoms with van der Waals surface area (Å²) in [7, 11) is -8.44. The van der Waals surface area contributed by atoms with E-state index < -0.39 is 42.6 Å². The molecule has 0 bridgehead atoms. The van der Waals surface area contributed by atoms with Crippen LogP contribution in [0.2, 0.25) is 0 Å². The molecular weight excluding hydrogens is 397 g/mol. The summed E-state index contributed by atoms with van der Waals surface area (Å²) in [5.41, 5.74) is -0.238. The third-order valence-corrected chi connectivity index (χ3v) is 5.24. The van der Waals surface area contributed by atoms with Crippen LogP contribution >= 0.6 is 0 Å². The number of nitrogens with one attached hydrogen (secondary N) is 1. The molecule has 0 aliphatic carbocycles. The molecule has 7 nitrogen and oxygen atoms in total. The molecule has 12 heteroatoms. The summed E-state index contributed by atoms with van der Waals surface area (Å²) in [6.45, 7) is -1.60. The van der Waals surface area contributed by atoms with E-state index in [4.69, 9.17) is 5.14 Å². The number of hydrogen-bond donors (Lipinski definition) is 2. The molecule has 0 unspecified atom stereocenters. The molecule has 0 aliphatic heterocycles. The second-order valence-electron chi connectivity index (χ2n) is 5.03. The lowest BCUT2D eigenvalue weighted by atomic mass is 10.3. The van der Waals surface area contributed by atoms with Crippen molar-refractivity contribution in [2.75, 3.05) is 11.3 Å². The Morgan fingerprint density at radius 3 is 2.19 bits per heavy atom. The van der Waals surface area contributed by atoms with Gasteiger partial charge in [-0.3, -0.25) is 4.72 Å². The Morgan fingerprint density at radius 1 is 0.962 bits per heavy atom. The number of anilines is 1. The van der Waals surface area contributed by atoms with Gasteiger partial charge in [-0.05, 0) is 30.3 Å². The van der Waals surface area contributed by atoms with Gasteiger partial charge in [-0.2, -0.15) is 13.2 Å². The van der Waals surface area contributed by atoms with Gasteiger partial charge < -0.3 is 4.74 Å². The minimum absolute atomic E-state index is 0.238. The number of ether oxygens (including phenoxy) is 1. The van der Waals surface area contributed by atoms with Gasteiger partial charge in [0.15, 0.2) is 6.61 Å². The standard InChI is InChI=1S/C14H13F3N2O5S2/c15-14(16,17)9-24-13-7-2-1-6-12(13)19-26(22,23)11-5-3-4-10(8-11)25(18,20)21/h1-8,19H,9H2,(H2,18,20,21). The molecule has 2 aromatic carbocycles. The molecular formula is C14H13F3N2O5S2. The van der Waals surface area contributed by atoms with Gasteiger partial charge >= 0.3 is 6.18 Å². The quantitative estimate of drug-likeness (QED) is 0.757. The van der Waals surface area contributed by atoms with E-state index >= 15 is 0 Å². The first-order chi connectivity index (χ1) is 11.9. The normalized spacial score (nSPS) is 12.6. The van der Waals surface area contributed by atoms with Crippen molar-refractivity contribution in [3.05, 3.63) is 48.5 Å². The maximum atomic E-state index is 12.4. The van der Waals surface area contributed by atoms with E-state index in [0.717, 1.165) is 24.3 Å². The molecule has 0 amide bonds. The van der Waals surface area contributed by atoms with Gasteiger partial charge in [0.1, 0.15) is 5.75 Å². The van der Waals surface area contributed by atoms with Crippen LogP contribution in [0, 0.1) is 0 Å². The molecule has 0 spiro atoms. The zero-order valence-corrected chi connectivity index (χ0v) is 14.5. The average Bonchev–Trinajstić information content (AvgIpc) is 2.52. The smallest absolute Gasteiger partial charge is 0.422 e. The zero-order chi connectivity index (χ0) is 19.6. The number of rotatable bonds is 6. The van der Waals surface area contributed by atoms with Gasteiger partial charge in [0.2, 0.25) is 10.0 Å². The van der Waals surface area contributed by atoms with Gasteiger partial charge in [-0.25, -0.2) is 22.0 Å². The fraction of sp³-hybridized carbons (Fsp3) is 0.143. The molecule has 0 fully saturated rings. The summed E-state index contributed by atoms with van der Waals surface area (Å²) >= 11 is 0. The highest BCUT2D eigenvalue weighted by molar-refractivity contribution is 7.93. The van der Waals surface area contributed by atoms with Crippen LogP contribution in [-0.4, -0.2) is 29.6 Å². The van der Waals surface area contributed by atoms with Crippen LogP contribution in [0.4, 0.5) is 18.9 Å². The molecule has 0 aliphatic rings. The van der Waals surface area contributed by atoms with Crippen LogP contribution in [0.25, 0.3) is 0 Å². The molecule has 3 N–H and O–H groups in total. The lowest BCUT2D eigenvalue weighted by molar-refractivity contribution is -0.153. The number of primary sulfonamides is 1. The number of para-hydroxylation sites is 2. The second-order valence-corrected chi connectivity index (χ2v) is 8.27. The molecule has 2 rings (SSSR count).